The Hall–Kier alpha value is -3.51. The topological polar surface area (TPSA) is 65.4 Å². The Bertz CT molecular complexity index is 1270. The molecule has 0 aliphatic carbocycles. The van der Waals surface area contributed by atoms with Crippen LogP contribution in [0.25, 0.3) is 11.0 Å². The zero-order chi connectivity index (χ0) is 25.2. The lowest BCUT2D eigenvalue weighted by atomic mass is 10.2. The highest BCUT2D eigenvalue weighted by Crippen LogP contribution is 2.19. The maximum absolute atomic E-state index is 12.1. The predicted octanol–water partition coefficient (Wildman–Crippen LogP) is 5.99. The smallest absolute Gasteiger partial charge is 0.257 e. The lowest BCUT2D eigenvalue weighted by Gasteiger charge is -2.11. The Morgan fingerprint density at radius 2 is 1.72 bits per heavy atom. The lowest BCUT2D eigenvalue weighted by Crippen LogP contribution is -2.30. The fraction of sp³-hybridized carbons (Fsp3) is 0.310. The number of nitrogens with zero attached hydrogens (tertiary/aromatic N) is 2. The first-order chi connectivity index (χ1) is 17.6. The van der Waals surface area contributed by atoms with Crippen LogP contribution >= 0.6 is 11.6 Å². The Balaban J connectivity index is 1.23. The van der Waals surface area contributed by atoms with Gasteiger partial charge in [0.15, 0.2) is 6.61 Å². The molecule has 7 heteroatoms. The van der Waals surface area contributed by atoms with Gasteiger partial charge in [0.1, 0.15) is 17.3 Å². The standard InChI is InChI=1S/C29H32ClN3O3/c1-22-9-2-5-12-27(22)35-20-7-6-19-33-26-11-4-3-10-25(26)32-28(33)13-8-18-31-29(34)21-36-24-16-14-23(30)15-17-24/h2-5,9-12,14-17H,6-8,13,18-21H2,1H3,(H,31,34). The molecule has 1 heterocycles. The van der Waals surface area contributed by atoms with Crippen molar-refractivity contribution in [1.29, 1.82) is 0 Å². The molecule has 0 fully saturated rings. The Morgan fingerprint density at radius 3 is 2.56 bits per heavy atom. The summed E-state index contributed by atoms with van der Waals surface area (Å²) in [4.78, 5) is 17.0. The number of carbonyl (C=O) groups is 1. The molecule has 3 aromatic carbocycles. The molecule has 1 amide bonds. The van der Waals surface area contributed by atoms with Crippen LogP contribution in [-0.2, 0) is 17.8 Å². The molecule has 0 saturated carbocycles. The van der Waals surface area contributed by atoms with Crippen molar-refractivity contribution in [2.24, 2.45) is 0 Å². The fourth-order valence-corrected chi connectivity index (χ4v) is 4.17. The van der Waals surface area contributed by atoms with E-state index in [1.807, 2.05) is 36.4 Å². The van der Waals surface area contributed by atoms with Gasteiger partial charge in [-0.15, -0.1) is 0 Å². The molecule has 4 aromatic rings. The van der Waals surface area contributed by atoms with Gasteiger partial charge in [0.25, 0.3) is 5.91 Å². The summed E-state index contributed by atoms with van der Waals surface area (Å²) >= 11 is 5.87. The molecule has 1 N–H and O–H groups in total. The van der Waals surface area contributed by atoms with Crippen LogP contribution in [0.2, 0.25) is 5.02 Å². The highest BCUT2D eigenvalue weighted by atomic mass is 35.5. The van der Waals surface area contributed by atoms with Crippen molar-refractivity contribution < 1.29 is 14.3 Å². The van der Waals surface area contributed by atoms with Gasteiger partial charge in [0.05, 0.1) is 17.6 Å². The van der Waals surface area contributed by atoms with E-state index in [1.165, 1.54) is 0 Å². The van der Waals surface area contributed by atoms with Crippen LogP contribution in [0, 0.1) is 6.92 Å². The van der Waals surface area contributed by atoms with E-state index in [0.717, 1.165) is 60.4 Å². The van der Waals surface area contributed by atoms with E-state index in [0.29, 0.717) is 23.9 Å². The molecule has 0 aliphatic heterocycles. The first-order valence-corrected chi connectivity index (χ1v) is 12.8. The number of unbranched alkanes of at least 4 members (excludes halogenated alkanes) is 1. The minimum absolute atomic E-state index is 0.0231. The normalized spacial score (nSPS) is 10.9. The van der Waals surface area contributed by atoms with Crippen molar-refractivity contribution in [2.45, 2.75) is 39.2 Å². The molecule has 0 bridgehead atoms. The number of para-hydroxylation sites is 3. The number of hydrogen-bond donors (Lipinski definition) is 1. The largest absolute Gasteiger partial charge is 0.493 e. The van der Waals surface area contributed by atoms with Gasteiger partial charge in [-0.25, -0.2) is 4.98 Å². The predicted molar refractivity (Wildman–Crippen MR) is 144 cm³/mol. The quantitative estimate of drug-likeness (QED) is 0.227. The third kappa shape index (κ3) is 7.25. The van der Waals surface area contributed by atoms with Crippen molar-refractivity contribution in [3.63, 3.8) is 0 Å². The summed E-state index contributed by atoms with van der Waals surface area (Å²) < 4.78 is 13.7. The summed E-state index contributed by atoms with van der Waals surface area (Å²) in [6.07, 6.45) is 3.54. The van der Waals surface area contributed by atoms with Gasteiger partial charge in [-0.3, -0.25) is 4.79 Å². The zero-order valence-electron chi connectivity index (χ0n) is 20.6. The van der Waals surface area contributed by atoms with Gasteiger partial charge in [0.2, 0.25) is 0 Å². The van der Waals surface area contributed by atoms with Crippen LogP contribution in [0.3, 0.4) is 0 Å². The van der Waals surface area contributed by atoms with E-state index < -0.39 is 0 Å². The minimum Gasteiger partial charge on any atom is -0.493 e. The van der Waals surface area contributed by atoms with Gasteiger partial charge in [-0.1, -0.05) is 41.9 Å². The van der Waals surface area contributed by atoms with Crippen molar-refractivity contribution in [2.75, 3.05) is 19.8 Å². The molecule has 0 aliphatic rings. The number of halogens is 1. The number of aromatic nitrogens is 2. The third-order valence-electron chi connectivity index (χ3n) is 5.94. The number of amides is 1. The highest BCUT2D eigenvalue weighted by Gasteiger charge is 2.11. The summed E-state index contributed by atoms with van der Waals surface area (Å²) in [6.45, 7) is 4.18. The number of benzene rings is 3. The lowest BCUT2D eigenvalue weighted by molar-refractivity contribution is -0.123. The summed E-state index contributed by atoms with van der Waals surface area (Å²) in [5.41, 5.74) is 3.31. The van der Waals surface area contributed by atoms with Crippen LogP contribution in [0.5, 0.6) is 11.5 Å². The Kier molecular flexibility index (Phi) is 9.22. The number of nitrogens with one attached hydrogen (secondary N) is 1. The van der Waals surface area contributed by atoms with E-state index in [2.05, 4.69) is 28.9 Å². The average molecular weight is 506 g/mol. The monoisotopic (exact) mass is 505 g/mol. The summed E-state index contributed by atoms with van der Waals surface area (Å²) in [7, 11) is 0. The van der Waals surface area contributed by atoms with Crippen molar-refractivity contribution in [3.8, 4) is 11.5 Å². The second kappa shape index (κ2) is 13.0. The number of hydrogen-bond acceptors (Lipinski definition) is 4. The second-order valence-corrected chi connectivity index (χ2v) is 9.12. The molecule has 6 nitrogen and oxygen atoms in total. The Morgan fingerprint density at radius 1 is 0.944 bits per heavy atom. The number of rotatable bonds is 13. The maximum atomic E-state index is 12.1. The molecule has 0 saturated heterocycles. The molecule has 0 atom stereocenters. The summed E-state index contributed by atoms with van der Waals surface area (Å²) in [5, 5.41) is 3.56. The molecule has 4 rings (SSSR count). The van der Waals surface area contributed by atoms with Crippen molar-refractivity contribution >= 4 is 28.5 Å². The number of aryl methyl sites for hydroxylation is 3. The van der Waals surface area contributed by atoms with Crippen LogP contribution in [0.4, 0.5) is 0 Å². The van der Waals surface area contributed by atoms with E-state index in [-0.39, 0.29) is 12.5 Å². The molecule has 0 spiro atoms. The molecular formula is C29H32ClN3O3. The van der Waals surface area contributed by atoms with Crippen LogP contribution in [0.1, 0.15) is 30.7 Å². The first kappa shape index (κ1) is 25.6. The van der Waals surface area contributed by atoms with Crippen LogP contribution in [0.15, 0.2) is 72.8 Å². The number of ether oxygens (including phenoxy) is 2. The molecule has 36 heavy (non-hydrogen) atoms. The second-order valence-electron chi connectivity index (χ2n) is 8.69. The van der Waals surface area contributed by atoms with E-state index in [4.69, 9.17) is 26.1 Å². The molecular weight excluding hydrogens is 474 g/mol. The third-order valence-corrected chi connectivity index (χ3v) is 6.20. The van der Waals surface area contributed by atoms with Gasteiger partial charge in [-0.2, -0.15) is 0 Å². The van der Waals surface area contributed by atoms with Crippen molar-refractivity contribution in [1.82, 2.24) is 14.9 Å². The molecule has 0 unspecified atom stereocenters. The number of imidazole rings is 1. The van der Waals surface area contributed by atoms with Gasteiger partial charge < -0.3 is 19.4 Å². The first-order valence-electron chi connectivity index (χ1n) is 12.4. The summed E-state index contributed by atoms with van der Waals surface area (Å²) in [6, 6.07) is 23.3. The minimum atomic E-state index is -0.146. The molecule has 188 valence electrons. The Labute approximate surface area is 217 Å². The number of carbonyl (C=O) groups excluding carboxylic acids is 1. The average Bonchev–Trinajstić information content (AvgIpc) is 3.24. The van der Waals surface area contributed by atoms with E-state index in [1.54, 1.807) is 24.3 Å². The maximum Gasteiger partial charge on any atom is 0.257 e. The number of fused-ring (bicyclic) bond motifs is 1. The molecule has 1 aromatic heterocycles. The van der Waals surface area contributed by atoms with Gasteiger partial charge >= 0.3 is 0 Å². The summed E-state index contributed by atoms with van der Waals surface area (Å²) in [5.74, 6) is 2.47. The van der Waals surface area contributed by atoms with Crippen molar-refractivity contribution in [3.05, 3.63) is 89.2 Å². The van der Waals surface area contributed by atoms with E-state index >= 15 is 0 Å². The van der Waals surface area contributed by atoms with Crippen LogP contribution in [-0.4, -0.2) is 35.2 Å². The van der Waals surface area contributed by atoms with Crippen LogP contribution < -0.4 is 14.8 Å². The zero-order valence-corrected chi connectivity index (χ0v) is 21.3. The highest BCUT2D eigenvalue weighted by molar-refractivity contribution is 6.30. The fourth-order valence-electron chi connectivity index (χ4n) is 4.04. The molecule has 0 radical (unpaired) electrons. The SMILES string of the molecule is Cc1ccccc1OCCCCn1c(CCCNC(=O)COc2ccc(Cl)cc2)nc2ccccc21. The van der Waals surface area contributed by atoms with Gasteiger partial charge in [0, 0.05) is 24.5 Å². The van der Waals surface area contributed by atoms with Gasteiger partial charge in [-0.05, 0) is 74.2 Å². The van der Waals surface area contributed by atoms with E-state index in [9.17, 15) is 4.79 Å².